The van der Waals surface area contributed by atoms with Crippen molar-refractivity contribution in [3.63, 3.8) is 0 Å². The molecule has 12 heavy (non-hydrogen) atoms. The van der Waals surface area contributed by atoms with Crippen molar-refractivity contribution in [1.29, 1.82) is 0 Å². The highest BCUT2D eigenvalue weighted by molar-refractivity contribution is 4.87. The van der Waals surface area contributed by atoms with Crippen LogP contribution in [0.3, 0.4) is 0 Å². The molecule has 1 fully saturated rings. The van der Waals surface area contributed by atoms with Crippen molar-refractivity contribution in [2.45, 2.75) is 30.7 Å². The first-order chi connectivity index (χ1) is 5.57. The van der Waals surface area contributed by atoms with E-state index in [4.69, 9.17) is 25.5 Å². The van der Waals surface area contributed by atoms with Gasteiger partial charge in [0.1, 0.15) is 24.4 Å². The lowest BCUT2D eigenvalue weighted by molar-refractivity contribution is -0.286. The summed E-state index contributed by atoms with van der Waals surface area (Å²) in [6.45, 7) is -0.526. The van der Waals surface area contributed by atoms with Crippen LogP contribution in [0.1, 0.15) is 0 Å². The number of rotatable bonds is 1. The summed E-state index contributed by atoms with van der Waals surface area (Å²) in [7, 11) is 0. The molecule has 0 aromatic rings. The molecule has 5 N–H and O–H groups in total. The second-order valence-corrected chi connectivity index (χ2v) is 2.72. The number of aliphatic hydroxyl groups excluding tert-OH is 5. The zero-order chi connectivity index (χ0) is 9.30. The Kier molecular flexibility index (Phi) is 2.99. The van der Waals surface area contributed by atoms with Crippen LogP contribution in [0.5, 0.6) is 0 Å². The van der Waals surface area contributed by atoms with Crippen molar-refractivity contribution in [3.05, 3.63) is 0 Å². The Morgan fingerprint density at radius 2 is 1.50 bits per heavy atom. The molecule has 0 radical (unpaired) electrons. The Bertz CT molecular complexity index is 146. The van der Waals surface area contributed by atoms with Gasteiger partial charge in [0.05, 0.1) is 6.61 Å². The zero-order valence-corrected chi connectivity index (χ0v) is 6.24. The summed E-state index contributed by atoms with van der Waals surface area (Å²) >= 11 is 0. The molecule has 0 amide bonds. The summed E-state index contributed by atoms with van der Waals surface area (Å²) in [4.78, 5) is 0. The number of aliphatic hydroxyl groups is 5. The zero-order valence-electron chi connectivity index (χ0n) is 6.24. The topological polar surface area (TPSA) is 110 Å². The van der Waals surface area contributed by atoms with E-state index in [2.05, 4.69) is 4.74 Å². The molecule has 0 spiro atoms. The Hall–Kier alpha value is -0.240. The van der Waals surface area contributed by atoms with Gasteiger partial charge in [-0.1, -0.05) is 0 Å². The minimum absolute atomic E-state index is 0.526. The molecule has 1 heterocycles. The van der Waals surface area contributed by atoms with Gasteiger partial charge in [-0.15, -0.1) is 0 Å². The largest absolute Gasteiger partial charge is 0.394 e. The predicted octanol–water partition coefficient (Wildman–Crippen LogP) is -3.22. The van der Waals surface area contributed by atoms with Gasteiger partial charge >= 0.3 is 0 Å². The van der Waals surface area contributed by atoms with Gasteiger partial charge in [0.2, 0.25) is 0 Å². The maximum atomic E-state index is 9.12. The molecule has 0 aliphatic carbocycles. The number of hydrogen-bond acceptors (Lipinski definition) is 6. The van der Waals surface area contributed by atoms with E-state index >= 15 is 0 Å². The van der Waals surface area contributed by atoms with E-state index in [1.54, 1.807) is 0 Å². The molecular formula is C6H12O6. The fraction of sp³-hybridized carbons (Fsp3) is 1.00. The third-order valence-electron chi connectivity index (χ3n) is 1.87. The Labute approximate surface area is 68.6 Å². The first-order valence-corrected chi connectivity index (χ1v) is 3.56. The lowest BCUT2D eigenvalue weighted by Crippen LogP contribution is -2.58. The van der Waals surface area contributed by atoms with Crippen molar-refractivity contribution < 1.29 is 30.3 Å². The normalized spacial score (nSPS) is 49.2. The monoisotopic (exact) mass is 180 g/mol. The number of ether oxygens (including phenoxy) is 1. The summed E-state index contributed by atoms with van der Waals surface area (Å²) in [5.41, 5.74) is 0. The van der Waals surface area contributed by atoms with Gasteiger partial charge < -0.3 is 30.3 Å². The van der Waals surface area contributed by atoms with Crippen LogP contribution in [0, 0.1) is 0 Å². The van der Waals surface area contributed by atoms with Crippen molar-refractivity contribution in [2.24, 2.45) is 0 Å². The highest BCUT2D eigenvalue weighted by atomic mass is 16.6. The lowest BCUT2D eigenvalue weighted by atomic mass is 10.00. The first-order valence-electron chi connectivity index (χ1n) is 3.56. The Balaban J connectivity index is 2.63. The fourth-order valence-electron chi connectivity index (χ4n) is 1.08. The third kappa shape index (κ3) is 1.58. The van der Waals surface area contributed by atoms with Crippen LogP contribution < -0.4 is 0 Å². The van der Waals surface area contributed by atoms with Crippen LogP contribution in [-0.4, -0.2) is 62.8 Å². The first kappa shape index (κ1) is 9.85. The van der Waals surface area contributed by atoms with Gasteiger partial charge in [-0.3, -0.25) is 0 Å². The molecule has 6 heteroatoms. The molecule has 6 nitrogen and oxygen atoms in total. The predicted molar refractivity (Wildman–Crippen MR) is 36.0 cm³/mol. The highest BCUT2D eigenvalue weighted by Crippen LogP contribution is 2.18. The lowest BCUT2D eigenvalue weighted by Gasteiger charge is -2.37. The van der Waals surface area contributed by atoms with Gasteiger partial charge in [0, 0.05) is 0 Å². The Morgan fingerprint density at radius 3 is 2.00 bits per heavy atom. The molecular weight excluding hydrogens is 168 g/mol. The van der Waals surface area contributed by atoms with Crippen molar-refractivity contribution >= 4 is 0 Å². The van der Waals surface area contributed by atoms with Crippen LogP contribution in [0.15, 0.2) is 0 Å². The second-order valence-electron chi connectivity index (χ2n) is 2.72. The van der Waals surface area contributed by atoms with Crippen LogP contribution in [0.2, 0.25) is 0 Å². The van der Waals surface area contributed by atoms with E-state index in [1.807, 2.05) is 0 Å². The van der Waals surface area contributed by atoms with Crippen LogP contribution in [-0.2, 0) is 4.74 Å². The minimum atomic E-state index is -1.57. The maximum absolute atomic E-state index is 9.12. The second kappa shape index (κ2) is 3.65. The molecule has 5 atom stereocenters. The molecule has 0 bridgehead atoms. The van der Waals surface area contributed by atoms with Crippen LogP contribution >= 0.6 is 0 Å². The molecule has 0 aromatic heterocycles. The van der Waals surface area contributed by atoms with E-state index < -0.39 is 37.3 Å². The van der Waals surface area contributed by atoms with E-state index in [0.717, 1.165) is 0 Å². The average Bonchev–Trinajstić information content (AvgIpc) is 2.08. The molecule has 1 aliphatic rings. The summed E-state index contributed by atoms with van der Waals surface area (Å²) < 4.78 is 4.58. The van der Waals surface area contributed by atoms with Gasteiger partial charge in [-0.05, 0) is 0 Å². The molecule has 1 rings (SSSR count). The minimum Gasteiger partial charge on any atom is -0.394 e. The summed E-state index contributed by atoms with van der Waals surface area (Å²) in [5.74, 6) is 0. The fourth-order valence-corrected chi connectivity index (χ4v) is 1.08. The van der Waals surface area contributed by atoms with E-state index in [1.165, 1.54) is 0 Å². The third-order valence-corrected chi connectivity index (χ3v) is 1.87. The van der Waals surface area contributed by atoms with Gasteiger partial charge in [0.15, 0.2) is 6.29 Å². The molecule has 3 unspecified atom stereocenters. The quantitative estimate of drug-likeness (QED) is 0.290. The number of hydrogen-bond donors (Lipinski definition) is 5. The molecule has 72 valence electrons. The molecule has 0 aromatic carbocycles. The van der Waals surface area contributed by atoms with Gasteiger partial charge in [-0.25, -0.2) is 0 Å². The SMILES string of the molecule is OC[C@H]1OC(O)C(O)[C@@H](O)C1O. The van der Waals surface area contributed by atoms with E-state index in [0.29, 0.717) is 0 Å². The van der Waals surface area contributed by atoms with Crippen molar-refractivity contribution in [2.75, 3.05) is 6.61 Å². The molecule has 0 saturated carbocycles. The molecule has 1 saturated heterocycles. The smallest absolute Gasteiger partial charge is 0.184 e. The van der Waals surface area contributed by atoms with Crippen molar-refractivity contribution in [1.82, 2.24) is 0 Å². The van der Waals surface area contributed by atoms with Crippen molar-refractivity contribution in [3.8, 4) is 0 Å². The molecule has 1 aliphatic heterocycles. The average molecular weight is 180 g/mol. The van der Waals surface area contributed by atoms with Gasteiger partial charge in [-0.2, -0.15) is 0 Å². The van der Waals surface area contributed by atoms with Crippen LogP contribution in [0.25, 0.3) is 0 Å². The Morgan fingerprint density at radius 1 is 0.917 bits per heavy atom. The summed E-state index contributed by atoms with van der Waals surface area (Å²) in [6.07, 6.45) is -7.04. The van der Waals surface area contributed by atoms with E-state index in [9.17, 15) is 0 Å². The van der Waals surface area contributed by atoms with E-state index in [-0.39, 0.29) is 0 Å². The highest BCUT2D eigenvalue weighted by Gasteiger charge is 2.42. The standard InChI is InChI=1S/C6H12O6/c7-1-2-3(8)4(9)5(10)6(11)12-2/h2-11H,1H2/t2-,3?,4+,5?,6?/m1/s1. The summed E-state index contributed by atoms with van der Waals surface area (Å²) in [6, 6.07) is 0. The van der Waals surface area contributed by atoms with Gasteiger partial charge in [0.25, 0.3) is 0 Å². The maximum Gasteiger partial charge on any atom is 0.184 e. The summed E-state index contributed by atoms with van der Waals surface area (Å²) in [5, 5.41) is 44.7. The van der Waals surface area contributed by atoms with Crippen LogP contribution in [0.4, 0.5) is 0 Å².